The van der Waals surface area contributed by atoms with Crippen molar-refractivity contribution in [1.29, 1.82) is 0 Å². The molecule has 112 valence electrons. The van der Waals surface area contributed by atoms with Gasteiger partial charge in [-0.25, -0.2) is 4.79 Å². The van der Waals surface area contributed by atoms with Gasteiger partial charge >= 0.3 is 5.97 Å². The predicted octanol–water partition coefficient (Wildman–Crippen LogP) is 4.01. The number of aldehydes is 1. The fourth-order valence-electron chi connectivity index (χ4n) is 2.16. The van der Waals surface area contributed by atoms with Crippen molar-refractivity contribution in [3.8, 4) is 0 Å². The molecule has 2 rings (SSSR count). The zero-order valence-corrected chi connectivity index (χ0v) is 13.1. The molecule has 2 aromatic rings. The molecule has 0 aliphatic rings. The Hall–Kier alpha value is -1.81. The lowest BCUT2D eigenvalue weighted by atomic mass is 10.2. The highest BCUT2D eigenvalue weighted by molar-refractivity contribution is 6.31. The average Bonchev–Trinajstić information content (AvgIpc) is 2.83. The third-order valence-electron chi connectivity index (χ3n) is 3.60. The van der Waals surface area contributed by atoms with E-state index in [2.05, 4.69) is 0 Å². The molecule has 0 bridgehead atoms. The second-order valence-electron chi connectivity index (χ2n) is 5.10. The smallest absolute Gasteiger partial charge is 0.329 e. The SMILES string of the molecule is CCC(C)OC(=O)C(C)n1cc(C=O)c2cc(Cl)ccc21. The number of fused-ring (bicyclic) bond motifs is 1. The van der Waals surface area contributed by atoms with E-state index in [-0.39, 0.29) is 12.1 Å². The average molecular weight is 308 g/mol. The maximum atomic E-state index is 12.2. The van der Waals surface area contributed by atoms with Crippen molar-refractivity contribution in [3.05, 3.63) is 35.0 Å². The highest BCUT2D eigenvalue weighted by Gasteiger charge is 2.21. The van der Waals surface area contributed by atoms with E-state index in [0.29, 0.717) is 10.6 Å². The van der Waals surface area contributed by atoms with Crippen LogP contribution in [0.4, 0.5) is 0 Å². The number of aromatic nitrogens is 1. The fraction of sp³-hybridized carbons (Fsp3) is 0.375. The second kappa shape index (κ2) is 6.31. The molecular formula is C16H18ClNO3. The minimum atomic E-state index is -0.503. The largest absolute Gasteiger partial charge is 0.461 e. The number of hydrogen-bond acceptors (Lipinski definition) is 3. The number of benzene rings is 1. The number of nitrogens with zero attached hydrogens (tertiary/aromatic N) is 1. The topological polar surface area (TPSA) is 48.3 Å². The van der Waals surface area contributed by atoms with E-state index in [9.17, 15) is 9.59 Å². The minimum Gasteiger partial charge on any atom is -0.461 e. The Morgan fingerprint density at radius 2 is 2.14 bits per heavy atom. The highest BCUT2D eigenvalue weighted by atomic mass is 35.5. The van der Waals surface area contributed by atoms with Crippen molar-refractivity contribution in [3.63, 3.8) is 0 Å². The van der Waals surface area contributed by atoms with Crippen LogP contribution in [0.25, 0.3) is 10.9 Å². The Labute approximate surface area is 128 Å². The number of carbonyl (C=O) groups excluding carboxylic acids is 2. The summed E-state index contributed by atoms with van der Waals surface area (Å²) in [4.78, 5) is 23.4. The second-order valence-corrected chi connectivity index (χ2v) is 5.54. The lowest BCUT2D eigenvalue weighted by Crippen LogP contribution is -2.22. The summed E-state index contributed by atoms with van der Waals surface area (Å²) in [6, 6.07) is 4.76. The standard InChI is InChI=1S/C16H18ClNO3/c1-4-10(2)21-16(20)11(3)18-8-12(9-19)14-7-13(17)5-6-15(14)18/h5-11H,4H2,1-3H3. The van der Waals surface area contributed by atoms with Crippen molar-refractivity contribution in [2.45, 2.75) is 39.3 Å². The number of esters is 1. The van der Waals surface area contributed by atoms with Crippen molar-refractivity contribution in [2.24, 2.45) is 0 Å². The van der Waals surface area contributed by atoms with Gasteiger partial charge < -0.3 is 9.30 Å². The van der Waals surface area contributed by atoms with Gasteiger partial charge in [0.25, 0.3) is 0 Å². The van der Waals surface area contributed by atoms with Crippen LogP contribution in [0, 0.1) is 0 Å². The molecule has 0 aliphatic carbocycles. The molecule has 2 unspecified atom stereocenters. The van der Waals surface area contributed by atoms with Crippen LogP contribution in [0.1, 0.15) is 43.6 Å². The molecule has 4 nitrogen and oxygen atoms in total. The van der Waals surface area contributed by atoms with Crippen molar-refractivity contribution < 1.29 is 14.3 Å². The molecule has 0 N–H and O–H groups in total. The Morgan fingerprint density at radius 3 is 2.76 bits per heavy atom. The van der Waals surface area contributed by atoms with Gasteiger partial charge in [0.2, 0.25) is 0 Å². The lowest BCUT2D eigenvalue weighted by molar-refractivity contribution is -0.151. The van der Waals surface area contributed by atoms with Crippen LogP contribution in [0.2, 0.25) is 5.02 Å². The van der Waals surface area contributed by atoms with Crippen LogP contribution < -0.4 is 0 Å². The summed E-state index contributed by atoms with van der Waals surface area (Å²) in [6.45, 7) is 5.57. The quantitative estimate of drug-likeness (QED) is 0.619. The first-order valence-electron chi connectivity index (χ1n) is 6.93. The number of halogens is 1. The molecule has 0 aliphatic heterocycles. The third-order valence-corrected chi connectivity index (χ3v) is 3.84. The molecule has 0 fully saturated rings. The van der Waals surface area contributed by atoms with Gasteiger partial charge in [-0.05, 0) is 38.5 Å². The molecule has 0 spiro atoms. The van der Waals surface area contributed by atoms with Gasteiger partial charge in [0.1, 0.15) is 6.04 Å². The maximum absolute atomic E-state index is 12.2. The molecule has 1 aromatic carbocycles. The van der Waals surface area contributed by atoms with E-state index >= 15 is 0 Å². The van der Waals surface area contributed by atoms with Crippen LogP contribution in [0.3, 0.4) is 0 Å². The molecule has 0 saturated heterocycles. The first-order valence-corrected chi connectivity index (χ1v) is 7.31. The van der Waals surface area contributed by atoms with Gasteiger partial charge in [0, 0.05) is 27.7 Å². The van der Waals surface area contributed by atoms with Gasteiger partial charge in [-0.15, -0.1) is 0 Å². The summed E-state index contributed by atoms with van der Waals surface area (Å²) in [5.41, 5.74) is 1.30. The van der Waals surface area contributed by atoms with E-state index in [1.54, 1.807) is 35.9 Å². The zero-order chi connectivity index (χ0) is 15.6. The van der Waals surface area contributed by atoms with E-state index in [4.69, 9.17) is 16.3 Å². The molecule has 0 radical (unpaired) electrons. The third kappa shape index (κ3) is 3.10. The summed E-state index contributed by atoms with van der Waals surface area (Å²) in [5, 5.41) is 1.29. The van der Waals surface area contributed by atoms with Crippen molar-refractivity contribution in [1.82, 2.24) is 4.57 Å². The minimum absolute atomic E-state index is 0.123. The molecular weight excluding hydrogens is 290 g/mol. The fourth-order valence-corrected chi connectivity index (χ4v) is 2.33. The Morgan fingerprint density at radius 1 is 1.43 bits per heavy atom. The van der Waals surface area contributed by atoms with E-state index in [1.807, 2.05) is 13.8 Å². The van der Waals surface area contributed by atoms with Gasteiger partial charge in [0.05, 0.1) is 6.10 Å². The lowest BCUT2D eigenvalue weighted by Gasteiger charge is -2.17. The number of ether oxygens (including phenoxy) is 1. The predicted molar refractivity (Wildman–Crippen MR) is 82.9 cm³/mol. The van der Waals surface area contributed by atoms with E-state index < -0.39 is 6.04 Å². The van der Waals surface area contributed by atoms with Crippen LogP contribution in [0.15, 0.2) is 24.4 Å². The molecule has 0 saturated carbocycles. The first kappa shape index (κ1) is 15.6. The van der Waals surface area contributed by atoms with E-state index in [0.717, 1.165) is 23.6 Å². The monoisotopic (exact) mass is 307 g/mol. The number of carbonyl (C=O) groups is 2. The summed E-state index contributed by atoms with van der Waals surface area (Å²) in [5.74, 6) is -0.311. The molecule has 0 amide bonds. The normalized spacial score (nSPS) is 13.9. The summed E-state index contributed by atoms with van der Waals surface area (Å²) >= 11 is 5.97. The Kier molecular flexibility index (Phi) is 4.68. The molecule has 1 heterocycles. The zero-order valence-electron chi connectivity index (χ0n) is 12.3. The highest BCUT2D eigenvalue weighted by Crippen LogP contribution is 2.27. The van der Waals surface area contributed by atoms with Crippen molar-refractivity contribution in [2.75, 3.05) is 0 Å². The van der Waals surface area contributed by atoms with Crippen LogP contribution >= 0.6 is 11.6 Å². The van der Waals surface area contributed by atoms with Gasteiger partial charge in [-0.2, -0.15) is 0 Å². The number of hydrogen-bond donors (Lipinski definition) is 0. The maximum Gasteiger partial charge on any atom is 0.329 e. The molecule has 21 heavy (non-hydrogen) atoms. The van der Waals surface area contributed by atoms with Gasteiger partial charge in [0.15, 0.2) is 6.29 Å². The Balaban J connectivity index is 2.42. The number of rotatable bonds is 5. The first-order chi connectivity index (χ1) is 9.97. The molecule has 5 heteroatoms. The van der Waals surface area contributed by atoms with Crippen LogP contribution in [-0.2, 0) is 9.53 Å². The summed E-state index contributed by atoms with van der Waals surface area (Å²) in [7, 11) is 0. The van der Waals surface area contributed by atoms with Gasteiger partial charge in [-0.1, -0.05) is 18.5 Å². The van der Waals surface area contributed by atoms with Crippen LogP contribution in [-0.4, -0.2) is 22.9 Å². The molecule has 1 aromatic heterocycles. The van der Waals surface area contributed by atoms with E-state index in [1.165, 1.54) is 0 Å². The van der Waals surface area contributed by atoms with Crippen LogP contribution in [0.5, 0.6) is 0 Å². The van der Waals surface area contributed by atoms with Crippen molar-refractivity contribution >= 4 is 34.8 Å². The van der Waals surface area contributed by atoms with Gasteiger partial charge in [-0.3, -0.25) is 4.79 Å². The molecule has 2 atom stereocenters. The summed E-state index contributed by atoms with van der Waals surface area (Å²) < 4.78 is 7.11. The Bertz CT molecular complexity index is 677. The summed E-state index contributed by atoms with van der Waals surface area (Å²) in [6.07, 6.45) is 3.07.